The minimum atomic E-state index is -0.967. The zero-order valence-electron chi connectivity index (χ0n) is 16.7. The number of nitrogens with one attached hydrogen (secondary N) is 2. The van der Waals surface area contributed by atoms with Crippen LogP contribution >= 0.6 is 0 Å². The average Bonchev–Trinajstić information content (AvgIpc) is 2.73. The van der Waals surface area contributed by atoms with Gasteiger partial charge in [0.25, 0.3) is 11.6 Å². The first kappa shape index (κ1) is 22.3. The van der Waals surface area contributed by atoms with Crippen LogP contribution in [0.2, 0.25) is 0 Å². The highest BCUT2D eigenvalue weighted by Crippen LogP contribution is 2.24. The van der Waals surface area contributed by atoms with Gasteiger partial charge < -0.3 is 20.1 Å². The van der Waals surface area contributed by atoms with Gasteiger partial charge in [-0.1, -0.05) is 12.1 Å². The van der Waals surface area contributed by atoms with Gasteiger partial charge in [0.2, 0.25) is 5.91 Å². The Kier molecular flexibility index (Phi) is 7.45. The normalized spacial score (nSPS) is 10.1. The van der Waals surface area contributed by atoms with E-state index in [1.165, 1.54) is 19.2 Å². The number of nitro groups is 1. The Morgan fingerprint density at radius 3 is 2.50 bits per heavy atom. The number of anilines is 1. The molecule has 10 nitrogen and oxygen atoms in total. The second-order valence-electron chi connectivity index (χ2n) is 6.29. The molecule has 30 heavy (non-hydrogen) atoms. The van der Waals surface area contributed by atoms with Gasteiger partial charge in [-0.25, -0.2) is 4.79 Å². The summed E-state index contributed by atoms with van der Waals surface area (Å²) in [5, 5.41) is 15.9. The number of non-ortho nitro benzene ring substituents is 1. The van der Waals surface area contributed by atoms with Gasteiger partial charge in [0, 0.05) is 17.8 Å². The number of carbonyl (C=O) groups excluding carboxylic acids is 3. The number of ether oxygens (including phenoxy) is 2. The van der Waals surface area contributed by atoms with Gasteiger partial charge in [0.1, 0.15) is 11.3 Å². The quantitative estimate of drug-likeness (QED) is 0.383. The molecule has 0 saturated heterocycles. The first-order valence-corrected chi connectivity index (χ1v) is 8.85. The maximum Gasteiger partial charge on any atom is 0.342 e. The second-order valence-corrected chi connectivity index (χ2v) is 6.29. The summed E-state index contributed by atoms with van der Waals surface area (Å²) in [6, 6.07) is 8.89. The number of aryl methyl sites for hydroxylation is 1. The summed E-state index contributed by atoms with van der Waals surface area (Å²) in [5.41, 5.74) is 2.05. The lowest BCUT2D eigenvalue weighted by atomic mass is 10.1. The van der Waals surface area contributed by atoms with Crippen molar-refractivity contribution in [3.8, 4) is 5.75 Å². The van der Waals surface area contributed by atoms with Crippen LogP contribution < -0.4 is 15.4 Å². The third-order valence-electron chi connectivity index (χ3n) is 4.27. The molecule has 0 aliphatic carbocycles. The molecule has 10 heteroatoms. The minimum absolute atomic E-state index is 0.0684. The van der Waals surface area contributed by atoms with Crippen molar-refractivity contribution in [3.63, 3.8) is 0 Å². The molecule has 2 aromatic rings. The van der Waals surface area contributed by atoms with Crippen molar-refractivity contribution in [2.75, 3.05) is 25.6 Å². The highest BCUT2D eigenvalue weighted by atomic mass is 16.6. The van der Waals surface area contributed by atoms with Crippen LogP contribution in [0.4, 0.5) is 11.4 Å². The van der Waals surface area contributed by atoms with Crippen LogP contribution in [0.3, 0.4) is 0 Å². The van der Waals surface area contributed by atoms with Crippen molar-refractivity contribution in [2.45, 2.75) is 13.8 Å². The fraction of sp³-hybridized carbons (Fsp3) is 0.250. The number of rotatable bonds is 8. The molecule has 0 heterocycles. The van der Waals surface area contributed by atoms with Gasteiger partial charge >= 0.3 is 5.97 Å². The third-order valence-corrected chi connectivity index (χ3v) is 4.27. The smallest absolute Gasteiger partial charge is 0.342 e. The predicted octanol–water partition coefficient (Wildman–Crippen LogP) is 2.13. The van der Waals surface area contributed by atoms with Crippen molar-refractivity contribution < 1.29 is 28.8 Å². The summed E-state index contributed by atoms with van der Waals surface area (Å²) in [4.78, 5) is 46.3. The molecule has 2 N–H and O–H groups in total. The Morgan fingerprint density at radius 2 is 1.83 bits per heavy atom. The molecule has 0 saturated carbocycles. The first-order chi connectivity index (χ1) is 14.2. The third kappa shape index (κ3) is 5.77. The Morgan fingerprint density at radius 1 is 1.10 bits per heavy atom. The molecule has 0 fully saturated rings. The standard InChI is InChI=1S/C20H21N3O7/c1-12-5-4-6-16(13(12)2)22-18(24)10-21-19(25)11-30-20(26)15-9-14(23(27)28)7-8-17(15)29-3/h4-9H,10-11H2,1-3H3,(H,21,25)(H,22,24). The summed E-state index contributed by atoms with van der Waals surface area (Å²) in [7, 11) is 1.29. The van der Waals surface area contributed by atoms with E-state index in [-0.39, 0.29) is 23.5 Å². The van der Waals surface area contributed by atoms with Crippen molar-refractivity contribution in [1.82, 2.24) is 5.32 Å². The van der Waals surface area contributed by atoms with Gasteiger partial charge in [0.05, 0.1) is 18.6 Å². The number of methoxy groups -OCH3 is 1. The Bertz CT molecular complexity index is 988. The molecule has 0 aromatic heterocycles. The van der Waals surface area contributed by atoms with E-state index in [1.54, 1.807) is 12.1 Å². The van der Waals surface area contributed by atoms with Gasteiger partial charge in [0.15, 0.2) is 6.61 Å². The topological polar surface area (TPSA) is 137 Å². The van der Waals surface area contributed by atoms with E-state index in [0.29, 0.717) is 5.69 Å². The van der Waals surface area contributed by atoms with Gasteiger partial charge in [-0.2, -0.15) is 0 Å². The predicted molar refractivity (Wildman–Crippen MR) is 107 cm³/mol. The summed E-state index contributed by atoms with van der Waals surface area (Å²) in [6.07, 6.45) is 0. The van der Waals surface area contributed by atoms with E-state index in [4.69, 9.17) is 9.47 Å². The fourth-order valence-electron chi connectivity index (χ4n) is 2.49. The fourth-order valence-corrected chi connectivity index (χ4v) is 2.49. The number of esters is 1. The molecular weight excluding hydrogens is 394 g/mol. The minimum Gasteiger partial charge on any atom is -0.496 e. The molecule has 2 amide bonds. The molecular formula is C20H21N3O7. The number of benzene rings is 2. The molecule has 0 unspecified atom stereocenters. The molecule has 158 valence electrons. The zero-order chi connectivity index (χ0) is 22.3. The van der Waals surface area contributed by atoms with Gasteiger partial charge in [-0.05, 0) is 37.1 Å². The molecule has 0 spiro atoms. The number of hydrogen-bond acceptors (Lipinski definition) is 7. The summed E-state index contributed by atoms with van der Waals surface area (Å²) in [6.45, 7) is 2.80. The first-order valence-electron chi connectivity index (χ1n) is 8.85. The monoisotopic (exact) mass is 415 g/mol. The molecule has 0 bridgehead atoms. The summed E-state index contributed by atoms with van der Waals surface area (Å²) >= 11 is 0. The molecule has 0 radical (unpaired) electrons. The molecule has 0 aliphatic rings. The number of carbonyl (C=O) groups is 3. The number of hydrogen-bond donors (Lipinski definition) is 2. The largest absolute Gasteiger partial charge is 0.496 e. The van der Waals surface area contributed by atoms with Crippen LogP contribution in [-0.2, 0) is 14.3 Å². The molecule has 0 aliphatic heterocycles. The van der Waals surface area contributed by atoms with Gasteiger partial charge in [-0.3, -0.25) is 19.7 Å². The molecule has 2 rings (SSSR count). The van der Waals surface area contributed by atoms with Crippen LogP contribution in [0, 0.1) is 24.0 Å². The lowest BCUT2D eigenvalue weighted by Crippen LogP contribution is -2.35. The van der Waals surface area contributed by atoms with E-state index in [0.717, 1.165) is 17.2 Å². The highest BCUT2D eigenvalue weighted by Gasteiger charge is 2.20. The maximum absolute atomic E-state index is 12.2. The lowest BCUT2D eigenvalue weighted by molar-refractivity contribution is -0.384. The lowest BCUT2D eigenvalue weighted by Gasteiger charge is -2.11. The van der Waals surface area contributed by atoms with E-state index >= 15 is 0 Å². The number of nitrogens with zero attached hydrogens (tertiary/aromatic N) is 1. The van der Waals surface area contributed by atoms with E-state index < -0.39 is 29.3 Å². The second kappa shape index (κ2) is 10.0. The number of amides is 2. The average molecular weight is 415 g/mol. The van der Waals surface area contributed by atoms with E-state index in [2.05, 4.69) is 10.6 Å². The summed E-state index contributed by atoms with van der Waals surface area (Å²) in [5.74, 6) is -2.04. The maximum atomic E-state index is 12.2. The van der Waals surface area contributed by atoms with Crippen molar-refractivity contribution in [1.29, 1.82) is 0 Å². The van der Waals surface area contributed by atoms with Crippen LogP contribution in [0.5, 0.6) is 5.75 Å². The van der Waals surface area contributed by atoms with E-state index in [1.807, 2.05) is 19.9 Å². The van der Waals surface area contributed by atoms with Crippen LogP contribution in [-0.4, -0.2) is 43.0 Å². The molecule has 2 aromatic carbocycles. The SMILES string of the molecule is COc1ccc([N+](=O)[O-])cc1C(=O)OCC(=O)NCC(=O)Nc1cccc(C)c1C. The van der Waals surface area contributed by atoms with Crippen molar-refractivity contribution in [3.05, 3.63) is 63.2 Å². The van der Waals surface area contributed by atoms with Crippen LogP contribution in [0.1, 0.15) is 21.5 Å². The van der Waals surface area contributed by atoms with Crippen LogP contribution in [0.25, 0.3) is 0 Å². The van der Waals surface area contributed by atoms with Crippen LogP contribution in [0.15, 0.2) is 36.4 Å². The van der Waals surface area contributed by atoms with E-state index in [9.17, 15) is 24.5 Å². The summed E-state index contributed by atoms with van der Waals surface area (Å²) < 4.78 is 9.85. The Balaban J connectivity index is 1.88. The zero-order valence-corrected chi connectivity index (χ0v) is 16.7. The Hall–Kier alpha value is -3.95. The number of nitro benzene ring substituents is 1. The Labute approximate surface area is 172 Å². The van der Waals surface area contributed by atoms with Crippen molar-refractivity contribution >= 4 is 29.2 Å². The molecule has 0 atom stereocenters. The highest BCUT2D eigenvalue weighted by molar-refractivity contribution is 5.97. The van der Waals surface area contributed by atoms with Gasteiger partial charge in [-0.15, -0.1) is 0 Å². The van der Waals surface area contributed by atoms with Crippen molar-refractivity contribution in [2.24, 2.45) is 0 Å².